The molecule has 2 unspecified atom stereocenters. The molecule has 0 aromatic heterocycles. The number of nitrogens with one attached hydrogen (secondary N) is 1. The van der Waals surface area contributed by atoms with E-state index in [1.807, 2.05) is 6.92 Å². The fraction of sp³-hybridized carbons (Fsp3) is 0.938. The number of carbonyl (C=O) groups is 1. The van der Waals surface area contributed by atoms with E-state index in [2.05, 4.69) is 10.2 Å². The van der Waals surface area contributed by atoms with Crippen LogP contribution in [0.1, 0.15) is 45.4 Å². The van der Waals surface area contributed by atoms with Crippen LogP contribution in [0, 0.1) is 5.92 Å². The number of methoxy groups -OCH3 is 1. The molecule has 2 fully saturated rings. The van der Waals surface area contributed by atoms with Crippen molar-refractivity contribution in [3.05, 3.63) is 0 Å². The van der Waals surface area contributed by atoms with Crippen molar-refractivity contribution in [2.24, 2.45) is 5.92 Å². The summed E-state index contributed by atoms with van der Waals surface area (Å²) in [6, 6.07) is -0.0199. The van der Waals surface area contributed by atoms with Crippen LogP contribution in [-0.2, 0) is 14.3 Å². The third-order valence-corrected chi connectivity index (χ3v) is 4.63. The second kappa shape index (κ2) is 8.71. The second-order valence-corrected chi connectivity index (χ2v) is 6.22. The zero-order chi connectivity index (χ0) is 15.1. The van der Waals surface area contributed by atoms with E-state index in [0.717, 1.165) is 26.0 Å². The lowest BCUT2D eigenvalue weighted by atomic mass is 10.0. The number of ether oxygens (including phenoxy) is 2. The number of hydrogen-bond donors (Lipinski definition) is 1. The molecule has 2 atom stereocenters. The number of amides is 1. The zero-order valence-electron chi connectivity index (χ0n) is 13.5. The second-order valence-electron chi connectivity index (χ2n) is 6.22. The summed E-state index contributed by atoms with van der Waals surface area (Å²) in [6.45, 7) is 4.89. The summed E-state index contributed by atoms with van der Waals surface area (Å²) in [5.41, 5.74) is 0. The molecule has 2 rings (SSSR count). The molecule has 1 aliphatic carbocycles. The SMILES string of the molecule is COCCOCCCCN1C(=O)C(C)NC1C1CCCC1. The monoisotopic (exact) mass is 298 g/mol. The summed E-state index contributed by atoms with van der Waals surface area (Å²) in [5.74, 6) is 0.920. The molecule has 0 radical (unpaired) electrons. The number of unbranched alkanes of at least 4 members (excludes halogenated alkanes) is 1. The Morgan fingerprint density at radius 1 is 1.19 bits per heavy atom. The molecule has 0 spiro atoms. The molecule has 2 aliphatic rings. The lowest BCUT2D eigenvalue weighted by Gasteiger charge is -2.29. The van der Waals surface area contributed by atoms with E-state index < -0.39 is 0 Å². The van der Waals surface area contributed by atoms with Crippen LogP contribution in [0.3, 0.4) is 0 Å². The molecular formula is C16H30N2O3. The summed E-state index contributed by atoms with van der Waals surface area (Å²) < 4.78 is 10.4. The van der Waals surface area contributed by atoms with Crippen molar-refractivity contribution in [1.82, 2.24) is 10.2 Å². The van der Waals surface area contributed by atoms with Gasteiger partial charge in [0.15, 0.2) is 0 Å². The Bertz CT molecular complexity index is 319. The van der Waals surface area contributed by atoms with Gasteiger partial charge in [-0.05, 0) is 38.5 Å². The molecule has 0 aromatic carbocycles. The third-order valence-electron chi connectivity index (χ3n) is 4.63. The van der Waals surface area contributed by atoms with Gasteiger partial charge in [-0.25, -0.2) is 0 Å². The van der Waals surface area contributed by atoms with E-state index in [1.165, 1.54) is 25.7 Å². The lowest BCUT2D eigenvalue weighted by molar-refractivity contribution is -0.130. The normalized spacial score (nSPS) is 27.0. The largest absolute Gasteiger partial charge is 0.382 e. The molecule has 1 heterocycles. The first-order valence-corrected chi connectivity index (χ1v) is 8.37. The smallest absolute Gasteiger partial charge is 0.240 e. The summed E-state index contributed by atoms with van der Waals surface area (Å²) in [7, 11) is 1.68. The minimum absolute atomic E-state index is 0.0199. The lowest BCUT2D eigenvalue weighted by Crippen LogP contribution is -2.43. The molecule has 1 saturated heterocycles. The van der Waals surface area contributed by atoms with Gasteiger partial charge in [0.2, 0.25) is 5.91 Å². The number of hydrogen-bond acceptors (Lipinski definition) is 4. The molecule has 5 heteroatoms. The van der Waals surface area contributed by atoms with E-state index in [9.17, 15) is 4.79 Å². The Labute approximate surface area is 128 Å². The van der Waals surface area contributed by atoms with Crippen LogP contribution in [0.2, 0.25) is 0 Å². The molecule has 0 aromatic rings. The predicted molar refractivity (Wildman–Crippen MR) is 82.0 cm³/mol. The first kappa shape index (κ1) is 16.7. The maximum absolute atomic E-state index is 12.3. The maximum atomic E-state index is 12.3. The minimum Gasteiger partial charge on any atom is -0.382 e. The van der Waals surface area contributed by atoms with Crippen molar-refractivity contribution < 1.29 is 14.3 Å². The summed E-state index contributed by atoms with van der Waals surface area (Å²) in [6.07, 6.45) is 7.42. The van der Waals surface area contributed by atoms with E-state index in [1.54, 1.807) is 7.11 Å². The van der Waals surface area contributed by atoms with Gasteiger partial charge < -0.3 is 14.4 Å². The molecule has 1 saturated carbocycles. The quantitative estimate of drug-likeness (QED) is 0.659. The highest BCUT2D eigenvalue weighted by atomic mass is 16.5. The molecule has 1 amide bonds. The van der Waals surface area contributed by atoms with Gasteiger partial charge in [0.05, 0.1) is 25.4 Å². The summed E-state index contributed by atoms with van der Waals surface area (Å²) in [4.78, 5) is 14.4. The molecule has 122 valence electrons. The number of rotatable bonds is 9. The van der Waals surface area contributed by atoms with Crippen LogP contribution in [0.5, 0.6) is 0 Å². The van der Waals surface area contributed by atoms with Crippen LogP contribution >= 0.6 is 0 Å². The van der Waals surface area contributed by atoms with E-state index >= 15 is 0 Å². The van der Waals surface area contributed by atoms with Gasteiger partial charge >= 0.3 is 0 Å². The van der Waals surface area contributed by atoms with Gasteiger partial charge in [-0.15, -0.1) is 0 Å². The third kappa shape index (κ3) is 4.66. The van der Waals surface area contributed by atoms with Crippen LogP contribution in [0.4, 0.5) is 0 Å². The van der Waals surface area contributed by atoms with Crippen molar-refractivity contribution in [2.45, 2.75) is 57.7 Å². The van der Waals surface area contributed by atoms with Crippen LogP contribution < -0.4 is 5.32 Å². The predicted octanol–water partition coefficient (Wildman–Crippen LogP) is 1.77. The molecule has 5 nitrogen and oxygen atoms in total. The summed E-state index contributed by atoms with van der Waals surface area (Å²) in [5, 5.41) is 3.49. The average Bonchev–Trinajstić information content (AvgIpc) is 3.09. The maximum Gasteiger partial charge on any atom is 0.240 e. The number of nitrogens with zero attached hydrogens (tertiary/aromatic N) is 1. The molecular weight excluding hydrogens is 268 g/mol. The van der Waals surface area contributed by atoms with E-state index in [4.69, 9.17) is 9.47 Å². The van der Waals surface area contributed by atoms with Crippen molar-refractivity contribution in [3.63, 3.8) is 0 Å². The van der Waals surface area contributed by atoms with Crippen LogP contribution in [0.15, 0.2) is 0 Å². The van der Waals surface area contributed by atoms with E-state index in [-0.39, 0.29) is 18.1 Å². The fourth-order valence-electron chi connectivity index (χ4n) is 3.45. The standard InChI is InChI=1S/C16H30N2O3/c1-13-16(19)18(9-5-6-10-21-12-11-20-2)15(17-13)14-7-3-4-8-14/h13-15,17H,3-12H2,1-2H3. The highest BCUT2D eigenvalue weighted by molar-refractivity contribution is 5.83. The molecule has 21 heavy (non-hydrogen) atoms. The van der Waals surface area contributed by atoms with Crippen molar-refractivity contribution >= 4 is 5.91 Å². The number of carbonyl (C=O) groups excluding carboxylic acids is 1. The van der Waals surface area contributed by atoms with Gasteiger partial charge in [0.25, 0.3) is 0 Å². The Morgan fingerprint density at radius 3 is 2.67 bits per heavy atom. The van der Waals surface area contributed by atoms with Crippen LogP contribution in [0.25, 0.3) is 0 Å². The van der Waals surface area contributed by atoms with Crippen molar-refractivity contribution in [1.29, 1.82) is 0 Å². The van der Waals surface area contributed by atoms with E-state index in [0.29, 0.717) is 19.1 Å². The van der Waals surface area contributed by atoms with Gasteiger partial charge in [0.1, 0.15) is 0 Å². The van der Waals surface area contributed by atoms with Crippen molar-refractivity contribution in [3.8, 4) is 0 Å². The first-order valence-electron chi connectivity index (χ1n) is 8.37. The van der Waals surface area contributed by atoms with Gasteiger partial charge in [-0.2, -0.15) is 0 Å². The molecule has 0 bridgehead atoms. The average molecular weight is 298 g/mol. The fourth-order valence-corrected chi connectivity index (χ4v) is 3.45. The van der Waals surface area contributed by atoms with Crippen LogP contribution in [-0.4, -0.2) is 56.5 Å². The van der Waals surface area contributed by atoms with Gasteiger partial charge in [-0.1, -0.05) is 12.8 Å². The Kier molecular flexibility index (Phi) is 6.93. The zero-order valence-corrected chi connectivity index (χ0v) is 13.5. The van der Waals surface area contributed by atoms with Gasteiger partial charge in [-0.3, -0.25) is 10.1 Å². The highest BCUT2D eigenvalue weighted by Gasteiger charge is 2.40. The highest BCUT2D eigenvalue weighted by Crippen LogP contribution is 2.32. The topological polar surface area (TPSA) is 50.8 Å². The minimum atomic E-state index is -0.0199. The first-order chi connectivity index (χ1) is 10.2. The summed E-state index contributed by atoms with van der Waals surface area (Å²) >= 11 is 0. The Hall–Kier alpha value is -0.650. The Morgan fingerprint density at radius 2 is 1.95 bits per heavy atom. The van der Waals surface area contributed by atoms with Gasteiger partial charge in [0, 0.05) is 20.3 Å². The molecule has 1 aliphatic heterocycles. The Balaban J connectivity index is 1.70. The van der Waals surface area contributed by atoms with Crippen molar-refractivity contribution in [2.75, 3.05) is 33.5 Å². The molecule has 1 N–H and O–H groups in total.